The van der Waals surface area contributed by atoms with Crippen LogP contribution >= 0.6 is 0 Å². The molecule has 1 heterocycles. The summed E-state index contributed by atoms with van der Waals surface area (Å²) in [5.41, 5.74) is -0.155. The fourth-order valence-corrected chi connectivity index (χ4v) is 11.1. The molecule has 0 aromatic heterocycles. The van der Waals surface area contributed by atoms with Gasteiger partial charge < -0.3 is 14.9 Å². The van der Waals surface area contributed by atoms with E-state index in [-0.39, 0.29) is 57.3 Å². The van der Waals surface area contributed by atoms with E-state index in [1.807, 2.05) is 6.92 Å². The largest absolute Gasteiger partial charge is 0.461 e. The van der Waals surface area contributed by atoms with Crippen molar-refractivity contribution < 1.29 is 19.7 Å². The van der Waals surface area contributed by atoms with Crippen molar-refractivity contribution in [3.8, 4) is 0 Å². The lowest BCUT2D eigenvalue weighted by atomic mass is 9.30. The molecular formula is C30H50O4. The number of aliphatic hydroxyl groups excluding tert-OH is 2. The summed E-state index contributed by atoms with van der Waals surface area (Å²) in [4.78, 5) is 14.0. The molecule has 34 heavy (non-hydrogen) atoms. The first kappa shape index (κ1) is 25.1. The monoisotopic (exact) mass is 474 g/mol. The maximum atomic E-state index is 14.0. The third-order valence-electron chi connectivity index (χ3n) is 13.2. The van der Waals surface area contributed by atoms with Gasteiger partial charge in [0.2, 0.25) is 0 Å². The predicted octanol–water partition coefficient (Wildman–Crippen LogP) is 6.13. The summed E-state index contributed by atoms with van der Waals surface area (Å²) in [6.45, 7) is 16.6. The summed E-state index contributed by atoms with van der Waals surface area (Å²) < 4.78 is 6.43. The number of aliphatic hydroxyl groups is 2. The van der Waals surface area contributed by atoms with Gasteiger partial charge in [-0.05, 0) is 111 Å². The average molecular weight is 475 g/mol. The van der Waals surface area contributed by atoms with E-state index in [1.54, 1.807) is 0 Å². The van der Waals surface area contributed by atoms with E-state index in [4.69, 9.17) is 4.74 Å². The Labute approximate surface area is 207 Å². The highest BCUT2D eigenvalue weighted by Gasteiger charge is 2.80. The number of rotatable bonds is 4. The molecule has 5 aliphatic rings. The fraction of sp³-hybridized carbons (Fsp3) is 0.967. The Balaban J connectivity index is 1.62. The van der Waals surface area contributed by atoms with Crippen LogP contribution in [0.2, 0.25) is 0 Å². The zero-order valence-corrected chi connectivity index (χ0v) is 22.9. The molecule has 4 nitrogen and oxygen atoms in total. The van der Waals surface area contributed by atoms with E-state index in [0.717, 1.165) is 51.4 Å². The van der Waals surface area contributed by atoms with Crippen LogP contribution in [-0.2, 0) is 9.53 Å². The van der Waals surface area contributed by atoms with Crippen LogP contribution in [0.5, 0.6) is 0 Å². The summed E-state index contributed by atoms with van der Waals surface area (Å²) in [6, 6.07) is 0. The number of ether oxygens (including phenoxy) is 1. The zero-order valence-electron chi connectivity index (χ0n) is 22.9. The number of hydrogen-bond acceptors (Lipinski definition) is 4. The molecule has 5 rings (SSSR count). The normalized spacial score (nSPS) is 54.4. The van der Waals surface area contributed by atoms with Gasteiger partial charge in [0.15, 0.2) is 0 Å². The minimum atomic E-state index is -0.374. The Morgan fingerprint density at radius 3 is 2.32 bits per heavy atom. The van der Waals surface area contributed by atoms with Crippen molar-refractivity contribution >= 4 is 5.97 Å². The highest BCUT2D eigenvalue weighted by molar-refractivity contribution is 5.82. The lowest BCUT2D eigenvalue weighted by molar-refractivity contribution is -0.250. The second-order valence-corrected chi connectivity index (χ2v) is 15.1. The number of fused-ring (bicyclic) bond motifs is 2. The van der Waals surface area contributed by atoms with E-state index in [2.05, 4.69) is 41.5 Å². The van der Waals surface area contributed by atoms with Gasteiger partial charge in [0.05, 0.1) is 11.5 Å². The van der Waals surface area contributed by atoms with Gasteiger partial charge in [-0.15, -0.1) is 0 Å². The topological polar surface area (TPSA) is 66.8 Å². The molecule has 4 aliphatic carbocycles. The Morgan fingerprint density at radius 1 is 0.971 bits per heavy atom. The molecule has 0 radical (unpaired) electrons. The van der Waals surface area contributed by atoms with Crippen molar-refractivity contribution in [3.63, 3.8) is 0 Å². The Bertz CT molecular complexity index is 851. The lowest BCUT2D eigenvalue weighted by Crippen LogP contribution is -2.70. The molecule has 0 aromatic carbocycles. The summed E-state index contributed by atoms with van der Waals surface area (Å²) >= 11 is 0. The first-order chi connectivity index (χ1) is 15.7. The van der Waals surface area contributed by atoms with Gasteiger partial charge in [0, 0.05) is 12.0 Å². The molecule has 0 aromatic rings. The molecule has 1 unspecified atom stereocenters. The second-order valence-electron chi connectivity index (χ2n) is 15.1. The van der Waals surface area contributed by atoms with E-state index < -0.39 is 0 Å². The van der Waals surface area contributed by atoms with Crippen LogP contribution in [0.4, 0.5) is 0 Å². The second kappa shape index (κ2) is 7.46. The van der Waals surface area contributed by atoms with E-state index in [0.29, 0.717) is 17.8 Å². The molecule has 2 bridgehead atoms. The fourth-order valence-electron chi connectivity index (χ4n) is 11.1. The minimum absolute atomic E-state index is 0.0153. The van der Waals surface area contributed by atoms with Crippen LogP contribution in [0.15, 0.2) is 0 Å². The average Bonchev–Trinajstić information content (AvgIpc) is 2.89. The van der Waals surface area contributed by atoms with Crippen LogP contribution in [0, 0.1) is 50.2 Å². The van der Waals surface area contributed by atoms with Gasteiger partial charge in [0.1, 0.15) is 6.10 Å². The maximum absolute atomic E-state index is 14.0. The van der Waals surface area contributed by atoms with E-state index >= 15 is 0 Å². The SMILES string of the molecule is CC(O)[C@@]1(C)CC[C@H]2[C@@](C)(CC[C@@]34C(=O)O[C@H](C[C@@]5(C)CCC(C)(C)C[C@H]53)[C@]24C)[C@@H]1CCCO. The highest BCUT2D eigenvalue weighted by Crippen LogP contribution is 2.80. The molecule has 10 atom stereocenters. The summed E-state index contributed by atoms with van der Waals surface area (Å²) in [5.74, 6) is 1.26. The van der Waals surface area contributed by atoms with Crippen molar-refractivity contribution in [1.82, 2.24) is 0 Å². The van der Waals surface area contributed by atoms with Crippen molar-refractivity contribution in [1.29, 1.82) is 0 Å². The smallest absolute Gasteiger partial charge is 0.313 e. The van der Waals surface area contributed by atoms with Crippen LogP contribution in [0.25, 0.3) is 0 Å². The molecule has 0 amide bonds. The lowest BCUT2D eigenvalue weighted by Gasteiger charge is -2.71. The summed E-state index contributed by atoms with van der Waals surface area (Å²) in [5, 5.41) is 20.7. The minimum Gasteiger partial charge on any atom is -0.461 e. The third-order valence-corrected chi connectivity index (χ3v) is 13.2. The van der Waals surface area contributed by atoms with Crippen molar-refractivity contribution in [2.24, 2.45) is 50.2 Å². The van der Waals surface area contributed by atoms with Crippen molar-refractivity contribution in [2.45, 2.75) is 125 Å². The van der Waals surface area contributed by atoms with Crippen LogP contribution < -0.4 is 0 Å². The predicted molar refractivity (Wildman–Crippen MR) is 134 cm³/mol. The first-order valence-corrected chi connectivity index (χ1v) is 14.2. The first-order valence-electron chi connectivity index (χ1n) is 14.2. The molecule has 0 spiro atoms. The zero-order chi connectivity index (χ0) is 24.9. The van der Waals surface area contributed by atoms with Gasteiger partial charge >= 0.3 is 5.97 Å². The summed E-state index contributed by atoms with van der Waals surface area (Å²) in [7, 11) is 0. The highest BCUT2D eigenvalue weighted by atomic mass is 16.6. The third kappa shape index (κ3) is 2.88. The Morgan fingerprint density at radius 2 is 1.68 bits per heavy atom. The van der Waals surface area contributed by atoms with E-state index in [1.165, 1.54) is 12.8 Å². The van der Waals surface area contributed by atoms with E-state index in [9.17, 15) is 15.0 Å². The molecular weight excluding hydrogens is 424 g/mol. The van der Waals surface area contributed by atoms with Crippen molar-refractivity contribution in [3.05, 3.63) is 0 Å². The molecule has 1 saturated heterocycles. The van der Waals surface area contributed by atoms with Gasteiger partial charge in [-0.1, -0.05) is 41.5 Å². The molecule has 194 valence electrons. The van der Waals surface area contributed by atoms with Crippen LogP contribution in [-0.4, -0.2) is 35.0 Å². The Kier molecular flexibility index (Phi) is 5.50. The molecule has 2 N–H and O–H groups in total. The molecule has 1 aliphatic heterocycles. The van der Waals surface area contributed by atoms with Crippen LogP contribution in [0.1, 0.15) is 113 Å². The number of carbonyl (C=O) groups excluding carboxylic acids is 1. The summed E-state index contributed by atoms with van der Waals surface area (Å²) in [6.07, 6.45) is 9.96. The Hall–Kier alpha value is -0.610. The standard InChI is InChI=1S/C30H50O4/c1-19(32)27(5)11-10-21-28(6,20(27)9-8-16-31)14-15-30-22-17-25(2,3)12-13-26(22,4)18-23(29(21,30)7)34-24(30)33/h19-23,31-32H,8-18H2,1-7H3/t19?,20-,21+,22-,23-,26-,27-,28+,29+,30+/m1/s1. The van der Waals surface area contributed by atoms with Crippen LogP contribution in [0.3, 0.4) is 0 Å². The van der Waals surface area contributed by atoms with Crippen molar-refractivity contribution in [2.75, 3.05) is 6.61 Å². The quantitative estimate of drug-likeness (QED) is 0.481. The maximum Gasteiger partial charge on any atom is 0.313 e. The van der Waals surface area contributed by atoms with Gasteiger partial charge in [-0.2, -0.15) is 0 Å². The number of esters is 1. The van der Waals surface area contributed by atoms with Gasteiger partial charge in [-0.3, -0.25) is 4.79 Å². The van der Waals surface area contributed by atoms with Gasteiger partial charge in [0.25, 0.3) is 0 Å². The molecule has 4 saturated carbocycles. The molecule has 4 heteroatoms. The van der Waals surface area contributed by atoms with Gasteiger partial charge in [-0.25, -0.2) is 0 Å². The number of carbonyl (C=O) groups is 1. The number of hydrogen-bond donors (Lipinski definition) is 2. The molecule has 5 fully saturated rings.